The van der Waals surface area contributed by atoms with E-state index >= 15 is 0 Å². The van der Waals surface area contributed by atoms with Gasteiger partial charge in [-0.3, -0.25) is 29.8 Å². The summed E-state index contributed by atoms with van der Waals surface area (Å²) in [4.78, 5) is 43.9. The number of nitrogens with one attached hydrogen (secondary N) is 2. The number of hydrazine groups is 1. The van der Waals surface area contributed by atoms with Gasteiger partial charge in [-0.05, 0) is 36.6 Å². The maximum atomic E-state index is 13.2. The first-order valence-electron chi connectivity index (χ1n) is 10.4. The minimum atomic E-state index is -0.552. The topological polar surface area (TPSA) is 106 Å². The largest absolute Gasteiger partial charge is 0.459 e. The van der Waals surface area contributed by atoms with Crippen LogP contribution >= 0.6 is 23.1 Å². The normalized spacial score (nSPS) is 10.9. The number of rotatable bonds is 8. The lowest BCUT2D eigenvalue weighted by Crippen LogP contribution is -2.42. The number of aromatic nitrogens is 2. The van der Waals surface area contributed by atoms with E-state index in [9.17, 15) is 14.4 Å². The molecular formula is C23H22N4O4S2. The predicted octanol–water partition coefficient (Wildman–Crippen LogP) is 3.41. The quantitative estimate of drug-likeness (QED) is 0.226. The highest BCUT2D eigenvalue weighted by atomic mass is 32.2. The fourth-order valence-electron chi connectivity index (χ4n) is 3.18. The third-order valence-electron chi connectivity index (χ3n) is 4.88. The maximum Gasteiger partial charge on any atom is 0.305 e. The van der Waals surface area contributed by atoms with Crippen LogP contribution < -0.4 is 16.4 Å². The number of benzene rings is 1. The molecule has 33 heavy (non-hydrogen) atoms. The van der Waals surface area contributed by atoms with Gasteiger partial charge in [0, 0.05) is 11.4 Å². The molecule has 0 bridgehead atoms. The van der Waals surface area contributed by atoms with E-state index in [4.69, 9.17) is 4.42 Å². The molecule has 4 aromatic rings. The molecule has 1 aromatic carbocycles. The fraction of sp³-hybridized carbons (Fsp3) is 0.217. The van der Waals surface area contributed by atoms with Gasteiger partial charge in [0.15, 0.2) is 10.9 Å². The lowest BCUT2D eigenvalue weighted by Gasteiger charge is -2.12. The Morgan fingerprint density at radius 3 is 2.70 bits per heavy atom. The molecule has 0 saturated carbocycles. The summed E-state index contributed by atoms with van der Waals surface area (Å²) in [6.07, 6.45) is 2.86. The number of hydrogen-bond acceptors (Lipinski definition) is 7. The molecule has 0 unspecified atom stereocenters. The Hall–Kier alpha value is -3.37. The predicted molar refractivity (Wildman–Crippen MR) is 128 cm³/mol. The zero-order valence-corrected chi connectivity index (χ0v) is 19.5. The average molecular weight is 483 g/mol. The van der Waals surface area contributed by atoms with Crippen LogP contribution in [-0.2, 0) is 24.2 Å². The van der Waals surface area contributed by atoms with E-state index < -0.39 is 11.8 Å². The maximum absolute atomic E-state index is 13.2. The molecule has 0 aliphatic carbocycles. The molecule has 3 aromatic heterocycles. The van der Waals surface area contributed by atoms with Crippen molar-refractivity contribution in [2.45, 2.75) is 31.5 Å². The van der Waals surface area contributed by atoms with E-state index in [1.54, 1.807) is 10.6 Å². The van der Waals surface area contributed by atoms with Crippen LogP contribution in [-0.4, -0.2) is 27.1 Å². The summed E-state index contributed by atoms with van der Waals surface area (Å²) in [5.41, 5.74) is 5.65. The molecule has 4 rings (SSSR count). The summed E-state index contributed by atoms with van der Waals surface area (Å²) in [6.45, 7) is 2.48. The number of thioether (sulfide) groups is 1. The van der Waals surface area contributed by atoms with E-state index in [0.717, 1.165) is 28.6 Å². The van der Waals surface area contributed by atoms with Crippen LogP contribution in [0.4, 0.5) is 0 Å². The first kappa shape index (κ1) is 22.8. The summed E-state index contributed by atoms with van der Waals surface area (Å²) in [5, 5.41) is 1.07. The highest BCUT2D eigenvalue weighted by Gasteiger charge is 2.16. The molecule has 2 N–H and O–H groups in total. The Balaban J connectivity index is 1.50. The van der Waals surface area contributed by atoms with Crippen LogP contribution in [0.5, 0.6) is 0 Å². The van der Waals surface area contributed by atoms with Crippen molar-refractivity contribution in [3.63, 3.8) is 0 Å². The van der Waals surface area contributed by atoms with Gasteiger partial charge < -0.3 is 4.42 Å². The minimum absolute atomic E-state index is 0.0201. The fourth-order valence-corrected chi connectivity index (χ4v) is 5.01. The van der Waals surface area contributed by atoms with Gasteiger partial charge in [-0.25, -0.2) is 4.98 Å². The molecule has 0 aliphatic heterocycles. The molecule has 0 fully saturated rings. The Kier molecular flexibility index (Phi) is 7.26. The van der Waals surface area contributed by atoms with Crippen LogP contribution in [0.1, 0.15) is 27.9 Å². The monoisotopic (exact) mass is 482 g/mol. The Morgan fingerprint density at radius 2 is 1.97 bits per heavy atom. The summed E-state index contributed by atoms with van der Waals surface area (Å²) in [6, 6.07) is 14.9. The van der Waals surface area contributed by atoms with Crippen LogP contribution in [0.15, 0.2) is 69.2 Å². The van der Waals surface area contributed by atoms with Crippen molar-refractivity contribution in [3.8, 4) is 0 Å². The smallest absolute Gasteiger partial charge is 0.305 e. The number of carbonyl (C=O) groups is 2. The van der Waals surface area contributed by atoms with Gasteiger partial charge in [0.05, 0.1) is 17.4 Å². The van der Waals surface area contributed by atoms with Crippen LogP contribution in [0.25, 0.3) is 10.2 Å². The van der Waals surface area contributed by atoms with E-state index in [-0.39, 0.29) is 17.1 Å². The molecule has 170 valence electrons. The third kappa shape index (κ3) is 5.52. The number of amides is 2. The van der Waals surface area contributed by atoms with Gasteiger partial charge in [-0.2, -0.15) is 0 Å². The number of furan rings is 1. The van der Waals surface area contributed by atoms with Crippen molar-refractivity contribution in [1.82, 2.24) is 20.4 Å². The standard InChI is InChI=1S/C23H22N4O4S2/c1-2-16-13-17-21(33-16)24-23(27(22(17)30)11-10-15-7-4-3-5-8-15)32-14-19(28)25-26-20(29)18-9-6-12-31-18/h3-9,12-13H,2,10-11,14H2,1H3,(H,25,28)(H,26,29). The van der Waals surface area contributed by atoms with Crippen LogP contribution in [0.2, 0.25) is 0 Å². The number of fused-ring (bicyclic) bond motifs is 1. The molecular weight excluding hydrogens is 460 g/mol. The van der Waals surface area contributed by atoms with Gasteiger partial charge >= 0.3 is 5.91 Å². The number of carbonyl (C=O) groups excluding carboxylic acids is 2. The molecule has 0 atom stereocenters. The van der Waals surface area contributed by atoms with Crippen molar-refractivity contribution in [1.29, 1.82) is 0 Å². The van der Waals surface area contributed by atoms with E-state index in [2.05, 4.69) is 15.8 Å². The molecule has 0 radical (unpaired) electrons. The second kappa shape index (κ2) is 10.5. The van der Waals surface area contributed by atoms with Crippen molar-refractivity contribution in [2.24, 2.45) is 0 Å². The van der Waals surface area contributed by atoms with Gasteiger partial charge in [0.1, 0.15) is 4.83 Å². The summed E-state index contributed by atoms with van der Waals surface area (Å²) in [7, 11) is 0. The highest BCUT2D eigenvalue weighted by Crippen LogP contribution is 2.25. The molecule has 2 amide bonds. The number of hydrogen-bond donors (Lipinski definition) is 2. The van der Waals surface area contributed by atoms with Gasteiger partial charge in [0.25, 0.3) is 5.56 Å². The van der Waals surface area contributed by atoms with E-state index in [1.807, 2.05) is 43.3 Å². The van der Waals surface area contributed by atoms with Gasteiger partial charge in [-0.15, -0.1) is 11.3 Å². The van der Waals surface area contributed by atoms with Crippen LogP contribution in [0, 0.1) is 0 Å². The average Bonchev–Trinajstić information content (AvgIpc) is 3.51. The zero-order chi connectivity index (χ0) is 23.2. The molecule has 0 aliphatic rings. The summed E-state index contributed by atoms with van der Waals surface area (Å²) in [5.74, 6) is -0.907. The van der Waals surface area contributed by atoms with Crippen molar-refractivity contribution >= 4 is 45.1 Å². The Labute approximate surface area is 198 Å². The van der Waals surface area contributed by atoms with Gasteiger partial charge in [0.2, 0.25) is 5.91 Å². The summed E-state index contributed by atoms with van der Waals surface area (Å²) >= 11 is 2.65. The van der Waals surface area contributed by atoms with Crippen molar-refractivity contribution in [2.75, 3.05) is 5.75 Å². The second-order valence-electron chi connectivity index (χ2n) is 7.14. The van der Waals surface area contributed by atoms with Gasteiger partial charge in [-0.1, -0.05) is 49.0 Å². The molecule has 8 nitrogen and oxygen atoms in total. The van der Waals surface area contributed by atoms with E-state index in [1.165, 1.54) is 23.7 Å². The van der Waals surface area contributed by atoms with Crippen molar-refractivity contribution < 1.29 is 14.0 Å². The first-order valence-corrected chi connectivity index (χ1v) is 12.2. The Morgan fingerprint density at radius 1 is 1.15 bits per heavy atom. The molecule has 0 spiro atoms. The number of aryl methyl sites for hydroxylation is 2. The van der Waals surface area contributed by atoms with Crippen LogP contribution in [0.3, 0.4) is 0 Å². The lowest BCUT2D eigenvalue weighted by molar-refractivity contribution is -0.119. The second-order valence-corrected chi connectivity index (χ2v) is 9.20. The first-order chi connectivity index (χ1) is 16.0. The molecule has 3 heterocycles. The Bertz CT molecular complexity index is 1310. The molecule has 0 saturated heterocycles. The number of thiophene rings is 1. The number of nitrogens with zero attached hydrogens (tertiary/aromatic N) is 2. The van der Waals surface area contributed by atoms with E-state index in [0.29, 0.717) is 28.3 Å². The summed E-state index contributed by atoms with van der Waals surface area (Å²) < 4.78 is 6.61. The highest BCUT2D eigenvalue weighted by molar-refractivity contribution is 7.99. The SMILES string of the molecule is CCc1cc2c(=O)n(CCc3ccccc3)c(SCC(=O)NNC(=O)c3ccco3)nc2s1. The minimum Gasteiger partial charge on any atom is -0.459 e. The zero-order valence-electron chi connectivity index (χ0n) is 17.9. The lowest BCUT2D eigenvalue weighted by atomic mass is 10.1. The molecule has 10 heteroatoms. The van der Waals surface area contributed by atoms with Crippen molar-refractivity contribution in [3.05, 3.63) is 81.3 Å². The third-order valence-corrected chi connectivity index (χ3v) is 7.02.